The van der Waals surface area contributed by atoms with Gasteiger partial charge in [-0.25, -0.2) is 0 Å². The molecule has 1 aliphatic heterocycles. The van der Waals surface area contributed by atoms with Crippen molar-refractivity contribution < 1.29 is 9.53 Å². The van der Waals surface area contributed by atoms with Crippen LogP contribution in [0.15, 0.2) is 24.3 Å². The quantitative estimate of drug-likeness (QED) is 0.844. The van der Waals surface area contributed by atoms with E-state index in [1.54, 1.807) is 6.92 Å². The molecule has 112 valence electrons. The van der Waals surface area contributed by atoms with Gasteiger partial charge in [0.05, 0.1) is 5.56 Å². The highest BCUT2D eigenvalue weighted by molar-refractivity contribution is 5.96. The third kappa shape index (κ3) is 4.47. The Morgan fingerprint density at radius 1 is 1.45 bits per heavy atom. The first-order chi connectivity index (χ1) is 9.18. The molecule has 1 N–H and O–H groups in total. The van der Waals surface area contributed by atoms with Gasteiger partial charge in [0.2, 0.25) is 0 Å². The Morgan fingerprint density at radius 3 is 2.90 bits per heavy atom. The molecule has 0 spiro atoms. The molecule has 1 atom stereocenters. The van der Waals surface area contributed by atoms with Crippen molar-refractivity contribution in [3.63, 3.8) is 0 Å². The summed E-state index contributed by atoms with van der Waals surface area (Å²) >= 11 is 0. The number of benzene rings is 1. The standard InChI is InChI=1S/C15H22N2O2.ClH/c1-12-11-16-7-8-17(12)9-10-19-15-6-4-3-5-14(15)13(2)18;/h3-6,12,16H,7-11H2,1-2H3;1H/t12-;/m0./s1. The molecule has 4 nitrogen and oxygen atoms in total. The fourth-order valence-electron chi connectivity index (χ4n) is 2.37. The predicted molar refractivity (Wildman–Crippen MR) is 83.1 cm³/mol. The monoisotopic (exact) mass is 298 g/mol. The average molecular weight is 299 g/mol. The molecule has 1 aromatic carbocycles. The van der Waals surface area contributed by atoms with Crippen LogP contribution in [0.2, 0.25) is 0 Å². The first kappa shape index (κ1) is 17.0. The fourth-order valence-corrected chi connectivity index (χ4v) is 2.37. The molecule has 20 heavy (non-hydrogen) atoms. The molecule has 5 heteroatoms. The molecule has 1 saturated heterocycles. The lowest BCUT2D eigenvalue weighted by Crippen LogP contribution is -2.50. The van der Waals surface area contributed by atoms with Gasteiger partial charge in [0.15, 0.2) is 5.78 Å². The van der Waals surface area contributed by atoms with Crippen LogP contribution in [-0.4, -0.2) is 49.5 Å². The SMILES string of the molecule is CC(=O)c1ccccc1OCCN1CCNC[C@@H]1C.Cl. The molecule has 0 aliphatic carbocycles. The van der Waals surface area contributed by atoms with Gasteiger partial charge in [-0.2, -0.15) is 0 Å². The van der Waals surface area contributed by atoms with Gasteiger partial charge >= 0.3 is 0 Å². The molecule has 1 aliphatic rings. The first-order valence-electron chi connectivity index (χ1n) is 6.86. The fraction of sp³-hybridized carbons (Fsp3) is 0.533. The van der Waals surface area contributed by atoms with Crippen molar-refractivity contribution in [3.05, 3.63) is 29.8 Å². The highest BCUT2D eigenvalue weighted by Gasteiger charge is 2.17. The topological polar surface area (TPSA) is 41.6 Å². The van der Waals surface area contributed by atoms with E-state index in [1.165, 1.54) is 0 Å². The van der Waals surface area contributed by atoms with Gasteiger partial charge < -0.3 is 10.1 Å². The maximum Gasteiger partial charge on any atom is 0.163 e. The smallest absolute Gasteiger partial charge is 0.163 e. The molecule has 0 bridgehead atoms. The van der Waals surface area contributed by atoms with E-state index in [0.29, 0.717) is 24.0 Å². The maximum absolute atomic E-state index is 11.5. The molecule has 1 aromatic rings. The largest absolute Gasteiger partial charge is 0.491 e. The molecule has 0 amide bonds. The maximum atomic E-state index is 11.5. The molecule has 0 saturated carbocycles. The number of piperazine rings is 1. The molecule has 1 heterocycles. The highest BCUT2D eigenvalue weighted by atomic mass is 35.5. The van der Waals surface area contributed by atoms with Crippen LogP contribution in [0.1, 0.15) is 24.2 Å². The van der Waals surface area contributed by atoms with Gasteiger partial charge in [0.1, 0.15) is 12.4 Å². The summed E-state index contributed by atoms with van der Waals surface area (Å²) in [4.78, 5) is 13.9. The number of rotatable bonds is 5. The molecule has 0 unspecified atom stereocenters. The zero-order chi connectivity index (χ0) is 13.7. The van der Waals surface area contributed by atoms with Crippen LogP contribution >= 0.6 is 12.4 Å². The van der Waals surface area contributed by atoms with Crippen molar-refractivity contribution in [1.29, 1.82) is 0 Å². The Balaban J connectivity index is 0.00000200. The van der Waals surface area contributed by atoms with Crippen molar-refractivity contribution in [2.75, 3.05) is 32.8 Å². The van der Waals surface area contributed by atoms with E-state index >= 15 is 0 Å². The van der Waals surface area contributed by atoms with Crippen LogP contribution in [0.5, 0.6) is 5.75 Å². The second-order valence-corrected chi connectivity index (χ2v) is 4.99. The van der Waals surface area contributed by atoms with E-state index in [4.69, 9.17) is 4.74 Å². The zero-order valence-electron chi connectivity index (χ0n) is 12.1. The summed E-state index contributed by atoms with van der Waals surface area (Å²) in [6.45, 7) is 8.43. The molecule has 2 rings (SSSR count). The summed E-state index contributed by atoms with van der Waals surface area (Å²) in [5.74, 6) is 0.740. The molecule has 0 aromatic heterocycles. The van der Waals surface area contributed by atoms with Gasteiger partial charge in [-0.15, -0.1) is 12.4 Å². The van der Waals surface area contributed by atoms with Crippen LogP contribution in [0.3, 0.4) is 0 Å². The molecular formula is C15H23ClN2O2. The number of ether oxygens (including phenoxy) is 1. The van der Waals surface area contributed by atoms with Gasteiger partial charge in [0, 0.05) is 32.2 Å². The summed E-state index contributed by atoms with van der Waals surface area (Å²) in [6, 6.07) is 7.97. The summed E-state index contributed by atoms with van der Waals surface area (Å²) in [7, 11) is 0. The number of hydrogen-bond acceptors (Lipinski definition) is 4. The number of Topliss-reactive ketones (excluding diaryl/α,β-unsaturated/α-hetero) is 1. The number of halogens is 1. The number of carbonyl (C=O) groups is 1. The average Bonchev–Trinajstić information content (AvgIpc) is 2.41. The van der Waals surface area contributed by atoms with Crippen LogP contribution in [0, 0.1) is 0 Å². The lowest BCUT2D eigenvalue weighted by molar-refractivity contribution is 0.101. The van der Waals surface area contributed by atoms with E-state index in [2.05, 4.69) is 17.1 Å². The summed E-state index contributed by atoms with van der Waals surface area (Å²) in [5.41, 5.74) is 0.663. The number of para-hydroxylation sites is 1. The lowest BCUT2D eigenvalue weighted by Gasteiger charge is -2.33. The molecule has 1 fully saturated rings. The van der Waals surface area contributed by atoms with E-state index < -0.39 is 0 Å². The van der Waals surface area contributed by atoms with Crippen LogP contribution < -0.4 is 10.1 Å². The van der Waals surface area contributed by atoms with Crippen LogP contribution in [0.4, 0.5) is 0 Å². The predicted octanol–water partition coefficient (Wildman–Crippen LogP) is 1.98. The molecule has 0 radical (unpaired) electrons. The normalized spacial score (nSPS) is 19.2. The van der Waals surface area contributed by atoms with Crippen molar-refractivity contribution in [1.82, 2.24) is 10.2 Å². The highest BCUT2D eigenvalue weighted by Crippen LogP contribution is 2.18. The third-order valence-electron chi connectivity index (χ3n) is 3.54. The van der Waals surface area contributed by atoms with Gasteiger partial charge in [0.25, 0.3) is 0 Å². The Hall–Kier alpha value is -1.10. The van der Waals surface area contributed by atoms with Crippen molar-refractivity contribution >= 4 is 18.2 Å². The van der Waals surface area contributed by atoms with E-state index in [9.17, 15) is 4.79 Å². The number of ketones is 1. The number of nitrogens with one attached hydrogen (secondary N) is 1. The summed E-state index contributed by atoms with van der Waals surface area (Å²) < 4.78 is 5.77. The Morgan fingerprint density at radius 2 is 2.20 bits per heavy atom. The second kappa shape index (κ2) is 8.25. The van der Waals surface area contributed by atoms with E-state index in [1.807, 2.05) is 24.3 Å². The van der Waals surface area contributed by atoms with Gasteiger partial charge in [-0.3, -0.25) is 9.69 Å². The Labute approximate surface area is 126 Å². The Kier molecular flexibility index (Phi) is 6.99. The number of nitrogens with zero attached hydrogens (tertiary/aromatic N) is 1. The van der Waals surface area contributed by atoms with Crippen molar-refractivity contribution in [2.45, 2.75) is 19.9 Å². The number of hydrogen-bond donors (Lipinski definition) is 1. The van der Waals surface area contributed by atoms with Crippen molar-refractivity contribution in [2.24, 2.45) is 0 Å². The minimum Gasteiger partial charge on any atom is -0.491 e. The first-order valence-corrected chi connectivity index (χ1v) is 6.86. The Bertz CT molecular complexity index is 440. The molecular weight excluding hydrogens is 276 g/mol. The van der Waals surface area contributed by atoms with Crippen molar-refractivity contribution in [3.8, 4) is 5.75 Å². The van der Waals surface area contributed by atoms with Gasteiger partial charge in [-0.05, 0) is 26.0 Å². The van der Waals surface area contributed by atoms with Crippen LogP contribution in [0.25, 0.3) is 0 Å². The van der Waals surface area contributed by atoms with E-state index in [0.717, 1.165) is 26.2 Å². The van der Waals surface area contributed by atoms with Gasteiger partial charge in [-0.1, -0.05) is 12.1 Å². The minimum atomic E-state index is 0. The summed E-state index contributed by atoms with van der Waals surface area (Å²) in [5, 5.41) is 3.37. The minimum absolute atomic E-state index is 0. The number of carbonyl (C=O) groups excluding carboxylic acids is 1. The summed E-state index contributed by atoms with van der Waals surface area (Å²) in [6.07, 6.45) is 0. The third-order valence-corrected chi connectivity index (χ3v) is 3.54. The van der Waals surface area contributed by atoms with E-state index in [-0.39, 0.29) is 18.2 Å². The lowest BCUT2D eigenvalue weighted by atomic mass is 10.1. The van der Waals surface area contributed by atoms with Crippen LogP contribution in [-0.2, 0) is 0 Å². The zero-order valence-corrected chi connectivity index (χ0v) is 12.9. The second-order valence-electron chi connectivity index (χ2n) is 4.99.